The van der Waals surface area contributed by atoms with Crippen LogP contribution in [0, 0.1) is 0 Å². The van der Waals surface area contributed by atoms with Gasteiger partial charge in [0.05, 0.1) is 6.10 Å². The molecule has 0 spiro atoms. The molecule has 2 rings (SSSR count). The summed E-state index contributed by atoms with van der Waals surface area (Å²) in [5, 5.41) is 10.00. The summed E-state index contributed by atoms with van der Waals surface area (Å²) < 4.78 is 3.03. The normalized spacial score (nSPS) is 12.8. The van der Waals surface area contributed by atoms with E-state index in [0.29, 0.717) is 28.6 Å². The zero-order valence-electron chi connectivity index (χ0n) is 12.2. The summed E-state index contributed by atoms with van der Waals surface area (Å²) in [4.78, 5) is 30.4. The number of aliphatic hydroxyl groups excluding tert-OH is 1. The van der Waals surface area contributed by atoms with E-state index in [2.05, 4.69) is 16.5 Å². The van der Waals surface area contributed by atoms with E-state index in [4.69, 9.17) is 0 Å². The van der Waals surface area contributed by atoms with Crippen LogP contribution in [0.4, 0.5) is 0 Å². The van der Waals surface area contributed by atoms with Crippen molar-refractivity contribution >= 4 is 22.9 Å². The molecule has 2 aromatic heterocycles. The van der Waals surface area contributed by atoms with Crippen molar-refractivity contribution < 1.29 is 5.11 Å². The van der Waals surface area contributed by atoms with Crippen LogP contribution in [-0.4, -0.2) is 36.1 Å². The Kier molecular flexibility index (Phi) is 4.38. The van der Waals surface area contributed by atoms with E-state index in [0.717, 1.165) is 5.57 Å². The van der Waals surface area contributed by atoms with Crippen molar-refractivity contribution in [3.05, 3.63) is 33.0 Å². The maximum absolute atomic E-state index is 12.1. The number of imidazole rings is 1. The summed E-state index contributed by atoms with van der Waals surface area (Å²) >= 11 is 1.34. The van der Waals surface area contributed by atoms with Crippen LogP contribution in [0.1, 0.15) is 13.8 Å². The van der Waals surface area contributed by atoms with Crippen LogP contribution in [0.3, 0.4) is 0 Å². The fraction of sp³-hybridized carbons (Fsp3) is 0.462. The van der Waals surface area contributed by atoms with Gasteiger partial charge in [-0.2, -0.15) is 0 Å². The van der Waals surface area contributed by atoms with Gasteiger partial charge in [0.25, 0.3) is 5.56 Å². The Bertz CT molecular complexity index is 800. The third-order valence-corrected chi connectivity index (χ3v) is 4.07. The number of aromatic amines is 1. The Morgan fingerprint density at radius 3 is 2.76 bits per heavy atom. The Morgan fingerprint density at radius 1 is 1.52 bits per heavy atom. The highest BCUT2D eigenvalue weighted by Gasteiger charge is 2.17. The number of nitrogens with zero attached hydrogens (tertiary/aromatic N) is 3. The van der Waals surface area contributed by atoms with E-state index in [-0.39, 0.29) is 0 Å². The predicted octanol–water partition coefficient (Wildman–Crippen LogP) is 0.472. The zero-order chi connectivity index (χ0) is 15.7. The van der Waals surface area contributed by atoms with Crippen LogP contribution in [0.15, 0.2) is 26.9 Å². The average Bonchev–Trinajstić information content (AvgIpc) is 2.72. The number of hydrogen-bond donors (Lipinski definition) is 2. The molecule has 7 nitrogen and oxygen atoms in total. The van der Waals surface area contributed by atoms with Crippen LogP contribution in [0.5, 0.6) is 0 Å². The van der Waals surface area contributed by atoms with Crippen molar-refractivity contribution in [2.45, 2.75) is 31.7 Å². The second kappa shape index (κ2) is 5.90. The van der Waals surface area contributed by atoms with E-state index >= 15 is 0 Å². The minimum Gasteiger partial charge on any atom is -0.393 e. The highest BCUT2D eigenvalue weighted by Crippen LogP contribution is 2.22. The lowest BCUT2D eigenvalue weighted by atomic mass is 10.3. The molecule has 114 valence electrons. The maximum atomic E-state index is 12.1. The van der Waals surface area contributed by atoms with Crippen molar-refractivity contribution in [3.8, 4) is 0 Å². The predicted molar refractivity (Wildman–Crippen MR) is 82.8 cm³/mol. The van der Waals surface area contributed by atoms with E-state index in [1.807, 2.05) is 6.92 Å². The molecule has 0 aliphatic heterocycles. The van der Waals surface area contributed by atoms with Crippen molar-refractivity contribution in [2.75, 3.05) is 5.75 Å². The molecule has 1 atom stereocenters. The fourth-order valence-electron chi connectivity index (χ4n) is 1.94. The number of aromatic nitrogens is 4. The molecule has 0 amide bonds. The number of fused-ring (bicyclic) bond motifs is 1. The molecular formula is C13H18N4O3S. The van der Waals surface area contributed by atoms with E-state index < -0.39 is 17.4 Å². The van der Waals surface area contributed by atoms with Crippen LogP contribution >= 0.6 is 11.8 Å². The number of nitrogens with one attached hydrogen (secondary N) is 1. The van der Waals surface area contributed by atoms with Gasteiger partial charge in [-0.15, -0.1) is 0 Å². The molecule has 0 saturated heterocycles. The van der Waals surface area contributed by atoms with Gasteiger partial charge < -0.3 is 9.67 Å². The smallest absolute Gasteiger partial charge is 0.329 e. The van der Waals surface area contributed by atoms with Gasteiger partial charge in [0.1, 0.15) is 0 Å². The third kappa shape index (κ3) is 3.11. The second-order valence-corrected chi connectivity index (χ2v) is 6.08. The third-order valence-electron chi connectivity index (χ3n) is 2.85. The molecule has 2 aromatic rings. The minimum atomic E-state index is -0.500. The molecule has 0 radical (unpaired) electrons. The van der Waals surface area contributed by atoms with Gasteiger partial charge >= 0.3 is 5.69 Å². The number of H-pyrrole nitrogens is 1. The summed E-state index contributed by atoms with van der Waals surface area (Å²) in [6, 6.07) is 0. The Balaban J connectivity index is 2.69. The molecule has 0 aliphatic rings. The van der Waals surface area contributed by atoms with Gasteiger partial charge in [-0.25, -0.2) is 9.78 Å². The number of aryl methyl sites for hydroxylation is 1. The van der Waals surface area contributed by atoms with Crippen LogP contribution in [0.25, 0.3) is 11.2 Å². The lowest BCUT2D eigenvalue weighted by Crippen LogP contribution is -2.29. The molecule has 0 aromatic carbocycles. The monoisotopic (exact) mass is 310 g/mol. The number of aliphatic hydroxyl groups is 1. The molecule has 0 aliphatic carbocycles. The lowest BCUT2D eigenvalue weighted by Gasteiger charge is -2.08. The molecule has 2 N–H and O–H groups in total. The first kappa shape index (κ1) is 15.6. The zero-order valence-corrected chi connectivity index (χ0v) is 13.0. The molecule has 0 bridgehead atoms. The SMILES string of the molecule is C=C(C)Cn1c(SC[C@@H](C)O)nc2c1c(=O)[nH]c(=O)n2C. The summed E-state index contributed by atoms with van der Waals surface area (Å²) in [7, 11) is 1.56. The van der Waals surface area contributed by atoms with Crippen molar-refractivity contribution in [1.29, 1.82) is 0 Å². The number of hydrogen-bond acceptors (Lipinski definition) is 5. The highest BCUT2D eigenvalue weighted by molar-refractivity contribution is 7.99. The summed E-state index contributed by atoms with van der Waals surface area (Å²) in [5.41, 5.74) is 0.568. The summed E-state index contributed by atoms with van der Waals surface area (Å²) in [6.07, 6.45) is -0.491. The molecule has 2 heterocycles. The fourth-order valence-corrected chi connectivity index (χ4v) is 2.79. The van der Waals surface area contributed by atoms with Crippen LogP contribution in [-0.2, 0) is 13.6 Å². The lowest BCUT2D eigenvalue weighted by molar-refractivity contribution is 0.220. The van der Waals surface area contributed by atoms with Crippen LogP contribution in [0.2, 0.25) is 0 Å². The first-order valence-corrected chi connectivity index (χ1v) is 7.44. The van der Waals surface area contributed by atoms with E-state index in [1.165, 1.54) is 16.3 Å². The van der Waals surface area contributed by atoms with Gasteiger partial charge in [0, 0.05) is 19.3 Å². The number of thioether (sulfide) groups is 1. The molecule has 0 unspecified atom stereocenters. The topological polar surface area (TPSA) is 92.9 Å². The van der Waals surface area contributed by atoms with Gasteiger partial charge in [-0.3, -0.25) is 14.3 Å². The van der Waals surface area contributed by atoms with Gasteiger partial charge in [0.15, 0.2) is 16.3 Å². The van der Waals surface area contributed by atoms with Gasteiger partial charge in [-0.05, 0) is 13.8 Å². The Labute approximate surface area is 125 Å². The van der Waals surface area contributed by atoms with Crippen molar-refractivity contribution in [1.82, 2.24) is 19.1 Å². The molecule has 0 saturated carbocycles. The summed E-state index contributed by atoms with van der Waals surface area (Å²) in [6.45, 7) is 7.82. The average molecular weight is 310 g/mol. The standard InChI is InChI=1S/C13H18N4O3S/c1-7(2)5-17-9-10(14-13(17)21-6-8(3)18)16(4)12(20)15-11(9)19/h8,18H,1,5-6H2,2-4H3,(H,15,19,20)/t8-/m1/s1. The first-order chi connectivity index (χ1) is 9.81. The van der Waals surface area contributed by atoms with Gasteiger partial charge in [-0.1, -0.05) is 23.9 Å². The van der Waals surface area contributed by atoms with E-state index in [9.17, 15) is 14.7 Å². The molecule has 21 heavy (non-hydrogen) atoms. The highest BCUT2D eigenvalue weighted by atomic mass is 32.2. The quantitative estimate of drug-likeness (QED) is 0.619. The minimum absolute atomic E-state index is 0.332. The first-order valence-electron chi connectivity index (χ1n) is 6.46. The van der Waals surface area contributed by atoms with E-state index in [1.54, 1.807) is 18.5 Å². The molecule has 0 fully saturated rings. The Hall–Kier alpha value is -1.80. The largest absolute Gasteiger partial charge is 0.393 e. The van der Waals surface area contributed by atoms with Crippen molar-refractivity contribution in [3.63, 3.8) is 0 Å². The second-order valence-electron chi connectivity index (χ2n) is 5.09. The summed E-state index contributed by atoms with van der Waals surface area (Å²) in [5.74, 6) is 0.450. The number of allylic oxidation sites excluding steroid dienone is 1. The van der Waals surface area contributed by atoms with Crippen molar-refractivity contribution in [2.24, 2.45) is 7.05 Å². The van der Waals surface area contributed by atoms with Gasteiger partial charge in [0.2, 0.25) is 0 Å². The maximum Gasteiger partial charge on any atom is 0.329 e. The number of rotatable bonds is 5. The molecular weight excluding hydrogens is 292 g/mol. The van der Waals surface area contributed by atoms with Crippen LogP contribution < -0.4 is 11.2 Å². The molecule has 8 heteroatoms. The Morgan fingerprint density at radius 2 is 2.19 bits per heavy atom.